The van der Waals surface area contributed by atoms with Gasteiger partial charge in [0.25, 0.3) is 0 Å². The first-order valence-corrected chi connectivity index (χ1v) is 10.4. The van der Waals surface area contributed by atoms with Gasteiger partial charge in [0.05, 0.1) is 13.2 Å². The monoisotopic (exact) mass is 388 g/mol. The quantitative estimate of drug-likeness (QED) is 0.808. The minimum absolute atomic E-state index is 0.0539. The van der Waals surface area contributed by atoms with Crippen LogP contribution in [0.5, 0.6) is 5.75 Å². The summed E-state index contributed by atoms with van der Waals surface area (Å²) in [5.74, 6) is 0.796. The second-order valence-electron chi connectivity index (χ2n) is 7.67. The highest BCUT2D eigenvalue weighted by molar-refractivity contribution is 5.83. The molecule has 3 amide bonds. The molecule has 2 aliphatic rings. The molecule has 3 rings (SSSR count). The molecular formula is C21H32N4O3. The molecule has 28 heavy (non-hydrogen) atoms. The van der Waals surface area contributed by atoms with Crippen molar-refractivity contribution in [2.24, 2.45) is 5.73 Å². The molecule has 7 nitrogen and oxygen atoms in total. The van der Waals surface area contributed by atoms with Gasteiger partial charge in [-0.3, -0.25) is 9.69 Å². The maximum atomic E-state index is 12.5. The average molecular weight is 389 g/mol. The molecule has 1 atom stereocenters. The van der Waals surface area contributed by atoms with Gasteiger partial charge in [-0.1, -0.05) is 18.6 Å². The van der Waals surface area contributed by atoms with Crippen LogP contribution in [0.4, 0.5) is 4.79 Å². The Hall–Kier alpha value is -2.28. The Morgan fingerprint density at radius 2 is 2.00 bits per heavy atom. The number of aryl methyl sites for hydroxylation is 1. The highest BCUT2D eigenvalue weighted by Crippen LogP contribution is 2.23. The third-order valence-corrected chi connectivity index (χ3v) is 5.68. The van der Waals surface area contributed by atoms with Gasteiger partial charge in [-0.05, 0) is 56.3 Å². The van der Waals surface area contributed by atoms with Crippen LogP contribution >= 0.6 is 0 Å². The van der Waals surface area contributed by atoms with E-state index < -0.39 is 6.03 Å². The summed E-state index contributed by atoms with van der Waals surface area (Å²) in [6.45, 7) is 3.74. The maximum Gasteiger partial charge on any atom is 0.312 e. The molecule has 1 saturated heterocycles. The number of carbonyl (C=O) groups excluding carboxylic acids is 2. The van der Waals surface area contributed by atoms with Crippen LogP contribution in [0.2, 0.25) is 0 Å². The topological polar surface area (TPSA) is 87.9 Å². The van der Waals surface area contributed by atoms with Gasteiger partial charge < -0.3 is 20.7 Å². The number of primary amides is 1. The first-order valence-electron chi connectivity index (χ1n) is 10.4. The number of nitrogens with two attached hydrogens (primary N) is 1. The van der Waals surface area contributed by atoms with Gasteiger partial charge >= 0.3 is 6.03 Å². The van der Waals surface area contributed by atoms with Gasteiger partial charge in [-0.2, -0.15) is 0 Å². The van der Waals surface area contributed by atoms with Crippen LogP contribution in [0.25, 0.3) is 0 Å². The number of rotatable bonds is 2. The molecule has 3 N–H and O–H groups in total. The average Bonchev–Trinajstić information content (AvgIpc) is 2.70. The summed E-state index contributed by atoms with van der Waals surface area (Å²) in [7, 11) is 0. The first kappa shape index (κ1) is 20.5. The molecule has 0 spiro atoms. The molecule has 7 heteroatoms. The van der Waals surface area contributed by atoms with Crippen molar-refractivity contribution in [3.05, 3.63) is 29.8 Å². The highest BCUT2D eigenvalue weighted by Gasteiger charge is 2.24. The van der Waals surface area contributed by atoms with E-state index in [0.29, 0.717) is 25.7 Å². The molecule has 154 valence electrons. The summed E-state index contributed by atoms with van der Waals surface area (Å²) in [6, 6.07) is 8.25. The lowest BCUT2D eigenvalue weighted by atomic mass is 9.95. The summed E-state index contributed by atoms with van der Waals surface area (Å²) in [5, 5.41) is 2.41. The fourth-order valence-electron chi connectivity index (χ4n) is 4.14. The number of nitrogens with one attached hydrogen (secondary N) is 1. The molecule has 1 aromatic carbocycles. The Kier molecular flexibility index (Phi) is 7.54. The zero-order chi connectivity index (χ0) is 19.8. The summed E-state index contributed by atoms with van der Waals surface area (Å²) < 4.78 is 5.89. The number of carbonyl (C=O) groups is 2. The lowest BCUT2D eigenvalue weighted by Crippen LogP contribution is -2.48. The normalized spacial score (nSPS) is 21.7. The van der Waals surface area contributed by atoms with Crippen molar-refractivity contribution in [1.29, 1.82) is 0 Å². The standard InChI is InChI=1S/C21H32N4O3/c22-21(27)23-16-20(26)25-11-4-14-28-19-7-3-5-17(15-19)8-9-18-6-1-2-10-24(18)12-13-25/h3,5,7,15,18H,1-2,4,6,8-14,16H2,(H3,22,23,27). The first-order chi connectivity index (χ1) is 13.6. The van der Waals surface area contributed by atoms with E-state index in [9.17, 15) is 9.59 Å². The second kappa shape index (κ2) is 10.3. The molecule has 1 fully saturated rings. The lowest BCUT2D eigenvalue weighted by molar-refractivity contribution is -0.130. The number of hydrogen-bond donors (Lipinski definition) is 2. The Bertz CT molecular complexity index is 667. The van der Waals surface area contributed by atoms with E-state index in [1.807, 2.05) is 11.0 Å². The smallest absolute Gasteiger partial charge is 0.312 e. The summed E-state index contributed by atoms with van der Waals surface area (Å²) >= 11 is 0. The van der Waals surface area contributed by atoms with E-state index in [4.69, 9.17) is 10.5 Å². The lowest BCUT2D eigenvalue weighted by Gasteiger charge is -2.37. The van der Waals surface area contributed by atoms with Gasteiger partial charge in [0.15, 0.2) is 0 Å². The van der Waals surface area contributed by atoms with E-state index >= 15 is 0 Å². The second-order valence-corrected chi connectivity index (χ2v) is 7.67. The van der Waals surface area contributed by atoms with Crippen molar-refractivity contribution < 1.29 is 14.3 Å². The van der Waals surface area contributed by atoms with Crippen LogP contribution in [-0.4, -0.2) is 67.1 Å². The van der Waals surface area contributed by atoms with Crippen LogP contribution in [0.1, 0.15) is 37.7 Å². The zero-order valence-corrected chi connectivity index (χ0v) is 16.6. The van der Waals surface area contributed by atoms with E-state index in [0.717, 1.165) is 38.1 Å². The molecule has 0 saturated carbocycles. The van der Waals surface area contributed by atoms with E-state index in [2.05, 4.69) is 28.4 Å². The Balaban J connectivity index is 1.69. The third-order valence-electron chi connectivity index (χ3n) is 5.68. The number of hydrogen-bond acceptors (Lipinski definition) is 4. The number of nitrogens with zero attached hydrogens (tertiary/aromatic N) is 2. The van der Waals surface area contributed by atoms with Gasteiger partial charge in [0, 0.05) is 25.7 Å². The Morgan fingerprint density at radius 1 is 1.11 bits per heavy atom. The van der Waals surface area contributed by atoms with Crippen molar-refractivity contribution in [1.82, 2.24) is 15.1 Å². The molecule has 2 aliphatic heterocycles. The van der Waals surface area contributed by atoms with Gasteiger partial charge in [0.2, 0.25) is 5.91 Å². The number of benzene rings is 1. The SMILES string of the molecule is NC(=O)NCC(=O)N1CCCOc2cccc(c2)CCC2CCCCN2CC1. The van der Waals surface area contributed by atoms with Crippen LogP contribution in [-0.2, 0) is 11.2 Å². The van der Waals surface area contributed by atoms with Crippen LogP contribution < -0.4 is 15.8 Å². The minimum Gasteiger partial charge on any atom is -0.494 e. The van der Waals surface area contributed by atoms with Crippen molar-refractivity contribution in [3.63, 3.8) is 0 Å². The van der Waals surface area contributed by atoms with Crippen molar-refractivity contribution in [2.75, 3.05) is 39.3 Å². The summed E-state index contributed by atoms with van der Waals surface area (Å²) in [5.41, 5.74) is 6.44. The maximum absolute atomic E-state index is 12.5. The van der Waals surface area contributed by atoms with Crippen molar-refractivity contribution in [3.8, 4) is 5.75 Å². The highest BCUT2D eigenvalue weighted by atomic mass is 16.5. The van der Waals surface area contributed by atoms with Crippen LogP contribution in [0.15, 0.2) is 24.3 Å². The molecule has 0 aromatic heterocycles. The number of piperidine rings is 1. The van der Waals surface area contributed by atoms with E-state index in [1.54, 1.807) is 0 Å². The predicted octanol–water partition coefficient (Wildman–Crippen LogP) is 1.75. The largest absolute Gasteiger partial charge is 0.494 e. The number of fused-ring (bicyclic) bond motifs is 3. The predicted molar refractivity (Wildman–Crippen MR) is 108 cm³/mol. The number of amides is 3. The van der Waals surface area contributed by atoms with E-state index in [-0.39, 0.29) is 12.5 Å². The van der Waals surface area contributed by atoms with Gasteiger partial charge in [-0.15, -0.1) is 0 Å². The molecule has 0 radical (unpaired) electrons. The molecule has 1 aromatic rings. The molecular weight excluding hydrogens is 356 g/mol. The fraction of sp³-hybridized carbons (Fsp3) is 0.619. The zero-order valence-electron chi connectivity index (χ0n) is 16.6. The molecule has 0 aliphatic carbocycles. The Morgan fingerprint density at radius 3 is 2.86 bits per heavy atom. The van der Waals surface area contributed by atoms with Crippen LogP contribution in [0, 0.1) is 0 Å². The number of ether oxygens (including phenoxy) is 1. The van der Waals surface area contributed by atoms with Crippen molar-refractivity contribution in [2.45, 2.75) is 44.6 Å². The molecule has 2 bridgehead atoms. The summed E-state index contributed by atoms with van der Waals surface area (Å²) in [6.07, 6.45) is 6.63. The van der Waals surface area contributed by atoms with Crippen LogP contribution in [0.3, 0.4) is 0 Å². The number of urea groups is 1. The molecule has 2 heterocycles. The van der Waals surface area contributed by atoms with Gasteiger partial charge in [-0.25, -0.2) is 4.79 Å². The van der Waals surface area contributed by atoms with Crippen molar-refractivity contribution >= 4 is 11.9 Å². The third kappa shape index (κ3) is 6.12. The fourth-order valence-corrected chi connectivity index (χ4v) is 4.14. The Labute approximate surface area is 167 Å². The van der Waals surface area contributed by atoms with Gasteiger partial charge in [0.1, 0.15) is 5.75 Å². The molecule has 1 unspecified atom stereocenters. The van der Waals surface area contributed by atoms with E-state index in [1.165, 1.54) is 24.8 Å². The summed E-state index contributed by atoms with van der Waals surface area (Å²) in [4.78, 5) is 27.9. The minimum atomic E-state index is -0.672.